The maximum atomic E-state index is 2.90. The lowest BCUT2D eigenvalue weighted by molar-refractivity contribution is 0.195. The van der Waals surface area contributed by atoms with Crippen LogP contribution in [0.1, 0.15) is 226 Å². The highest BCUT2D eigenvalue weighted by Crippen LogP contribution is 2.64. The summed E-state index contributed by atoms with van der Waals surface area (Å²) in [6, 6.07) is 55.3. The van der Waals surface area contributed by atoms with Crippen LogP contribution in [0.5, 0.6) is 0 Å². The first-order valence-corrected chi connectivity index (χ1v) is 34.9. The molecule has 8 aromatic carbocycles. The first-order valence-electron chi connectivity index (χ1n) is 34.1. The Hall–Kier alpha value is -6.56. The second-order valence-electron chi connectivity index (χ2n) is 34.5. The van der Waals surface area contributed by atoms with Crippen LogP contribution in [0, 0.1) is 6.92 Å². The molecule has 89 heavy (non-hydrogen) atoms. The van der Waals surface area contributed by atoms with E-state index in [1.54, 1.807) is 0 Å². The van der Waals surface area contributed by atoms with E-state index >= 15 is 0 Å². The average molecular weight is 1190 g/mol. The molecule has 0 saturated heterocycles. The molecule has 3 aliphatic heterocycles. The van der Waals surface area contributed by atoms with Gasteiger partial charge in [0.15, 0.2) is 0 Å². The summed E-state index contributed by atoms with van der Waals surface area (Å²) in [6.07, 6.45) is 10.5. The lowest BCUT2D eigenvalue weighted by Crippen LogP contribution is -2.62. The standard InChI is InChI=1S/C84H94BN3S/c1-50-40-56-61(82(15,16)49-81(56,13)14)46-67(50)87-69-48-60-58(78(7,8)37-39-80(60,11)12)45-64(69)85-63-44-57-59(79(9,10)38-36-77(57,5)6)47-68(63)86(66-25-23-27-73-74(66)55-24-19-20-26-72(55)89-73)70-42-54(43-71(87)75(70)85)88-65-33-30-52(51-28-31-53(32-29-51)76(2,3)4)41-62(65)83(17)34-21-22-35-84(83,88)18/h19-20,23-33,40-48H,21-22,34-39,49H2,1-18H3. The molecule has 7 aliphatic rings. The van der Waals surface area contributed by atoms with Crippen LogP contribution in [0.25, 0.3) is 31.3 Å². The SMILES string of the molecule is Cc1cc2c(cc1N1c3cc4c(cc3B3c5cc6c(cc5N(c5cccc7sc8ccccc8c57)c5cc(N7c8ccc(-c9ccc(C(C)(C)C)cc9)cc8C8(C)CCCCC78C)cc1c53)C(C)(C)CCC6(C)C)C(C)(C)CCC4(C)C)C(C)(C)CC2(C)C. The van der Waals surface area contributed by atoms with Gasteiger partial charge in [-0.1, -0.05) is 196 Å². The Kier molecular flexibility index (Phi) is 11.9. The van der Waals surface area contributed by atoms with Crippen LogP contribution in [-0.4, -0.2) is 12.3 Å². The van der Waals surface area contributed by atoms with Crippen LogP contribution >= 0.6 is 11.3 Å². The van der Waals surface area contributed by atoms with Crippen LogP contribution < -0.4 is 31.1 Å². The number of hydrogen-bond donors (Lipinski definition) is 0. The first kappa shape index (κ1) is 57.6. The van der Waals surface area contributed by atoms with Crippen molar-refractivity contribution in [1.29, 1.82) is 0 Å². The number of rotatable bonds is 4. The highest BCUT2D eigenvalue weighted by Gasteiger charge is 2.59. The number of nitrogens with zero attached hydrogens (tertiary/aromatic N) is 3. The van der Waals surface area contributed by atoms with Crippen molar-refractivity contribution in [3.05, 3.63) is 184 Å². The summed E-state index contributed by atoms with van der Waals surface area (Å²) < 4.78 is 2.67. The van der Waals surface area contributed by atoms with Crippen molar-refractivity contribution in [3.8, 4) is 11.1 Å². The molecule has 0 amide bonds. The lowest BCUT2D eigenvalue weighted by atomic mass is 9.32. The fourth-order valence-electron chi connectivity index (χ4n) is 19.5. The second kappa shape index (κ2) is 18.4. The van der Waals surface area contributed by atoms with Gasteiger partial charge in [-0.25, -0.2) is 0 Å². The van der Waals surface area contributed by atoms with E-state index < -0.39 is 0 Å². The first-order chi connectivity index (χ1) is 41.8. The van der Waals surface area contributed by atoms with E-state index in [0.717, 1.165) is 38.5 Å². The fourth-order valence-corrected chi connectivity index (χ4v) is 20.7. The lowest BCUT2D eigenvalue weighted by Gasteiger charge is -2.52. The topological polar surface area (TPSA) is 9.72 Å². The van der Waals surface area contributed by atoms with Crippen LogP contribution in [0.2, 0.25) is 0 Å². The van der Waals surface area contributed by atoms with Crippen LogP contribution in [-0.2, 0) is 43.3 Å². The monoisotopic (exact) mass is 1190 g/mol. The van der Waals surface area contributed by atoms with Gasteiger partial charge in [-0.15, -0.1) is 11.3 Å². The fraction of sp³-hybridized carbons (Fsp3) is 0.429. The summed E-state index contributed by atoms with van der Waals surface area (Å²) in [5.74, 6) is 0. The van der Waals surface area contributed by atoms with Crippen molar-refractivity contribution in [2.24, 2.45) is 0 Å². The van der Waals surface area contributed by atoms with Crippen molar-refractivity contribution in [2.75, 3.05) is 14.7 Å². The molecular formula is C84H94BN3S. The number of anilines is 8. The van der Waals surface area contributed by atoms with Gasteiger partial charge in [-0.3, -0.25) is 0 Å². The molecule has 0 radical (unpaired) electrons. The van der Waals surface area contributed by atoms with Crippen molar-refractivity contribution >= 4 is 100 Å². The Morgan fingerprint density at radius 2 is 0.921 bits per heavy atom. The van der Waals surface area contributed by atoms with Gasteiger partial charge in [0.1, 0.15) is 0 Å². The Morgan fingerprint density at radius 3 is 1.52 bits per heavy atom. The molecule has 454 valence electrons. The molecule has 0 N–H and O–H groups in total. The van der Waals surface area contributed by atoms with Gasteiger partial charge in [-0.05, 0) is 235 Å². The van der Waals surface area contributed by atoms with Crippen molar-refractivity contribution in [3.63, 3.8) is 0 Å². The zero-order valence-electron chi connectivity index (χ0n) is 56.9. The Balaban J connectivity index is 1.06. The van der Waals surface area contributed by atoms with Gasteiger partial charge in [0.05, 0.1) is 11.2 Å². The molecule has 5 heteroatoms. The Morgan fingerprint density at radius 1 is 0.416 bits per heavy atom. The van der Waals surface area contributed by atoms with Gasteiger partial charge in [0, 0.05) is 65.4 Å². The van der Waals surface area contributed by atoms with E-state index in [0.29, 0.717) is 0 Å². The van der Waals surface area contributed by atoms with Crippen molar-refractivity contribution < 1.29 is 0 Å². The summed E-state index contributed by atoms with van der Waals surface area (Å²) in [5.41, 5.74) is 30.7. The van der Waals surface area contributed by atoms with Gasteiger partial charge in [0.2, 0.25) is 0 Å². The third-order valence-corrected chi connectivity index (χ3v) is 26.1. The summed E-state index contributed by atoms with van der Waals surface area (Å²) in [7, 11) is 0. The summed E-state index contributed by atoms with van der Waals surface area (Å²) in [6.45, 7) is 44.9. The average Bonchev–Trinajstić information content (AvgIpc) is 1.55. The van der Waals surface area contributed by atoms with Crippen LogP contribution in [0.15, 0.2) is 133 Å². The Labute approximate surface area is 537 Å². The van der Waals surface area contributed by atoms with Gasteiger partial charge < -0.3 is 14.7 Å². The molecule has 2 atom stereocenters. The maximum absolute atomic E-state index is 2.90. The van der Waals surface area contributed by atoms with Crippen LogP contribution in [0.3, 0.4) is 0 Å². The van der Waals surface area contributed by atoms with Gasteiger partial charge in [0.25, 0.3) is 6.71 Å². The highest BCUT2D eigenvalue weighted by atomic mass is 32.1. The number of thiophene rings is 1. The number of benzene rings is 8. The Bertz CT molecular complexity index is 4540. The minimum absolute atomic E-state index is 0.00253. The molecule has 16 rings (SSSR count). The summed E-state index contributed by atoms with van der Waals surface area (Å²) >= 11 is 1.94. The molecule has 9 aromatic rings. The third kappa shape index (κ3) is 8.00. The quantitative estimate of drug-likeness (QED) is 0.163. The smallest absolute Gasteiger partial charge is 0.252 e. The predicted octanol–water partition coefficient (Wildman–Crippen LogP) is 21.8. The highest BCUT2D eigenvalue weighted by molar-refractivity contribution is 7.26. The van der Waals surface area contributed by atoms with Gasteiger partial charge >= 0.3 is 0 Å². The van der Waals surface area contributed by atoms with E-state index in [9.17, 15) is 0 Å². The van der Waals surface area contributed by atoms with Crippen molar-refractivity contribution in [1.82, 2.24) is 0 Å². The molecule has 4 aliphatic carbocycles. The summed E-state index contributed by atoms with van der Waals surface area (Å²) in [5, 5.41) is 2.68. The van der Waals surface area contributed by atoms with Crippen LogP contribution in [0.4, 0.5) is 45.5 Å². The largest absolute Gasteiger partial charge is 0.334 e. The molecular weight excluding hydrogens is 1090 g/mol. The number of aryl methyl sites for hydroxylation is 1. The van der Waals surface area contributed by atoms with Gasteiger partial charge in [-0.2, -0.15) is 0 Å². The molecule has 1 aromatic heterocycles. The molecule has 2 unspecified atom stereocenters. The van der Waals surface area contributed by atoms with E-state index in [1.807, 2.05) is 11.3 Å². The van der Waals surface area contributed by atoms with E-state index in [1.165, 1.54) is 163 Å². The zero-order chi connectivity index (χ0) is 62.4. The van der Waals surface area contributed by atoms with E-state index in [4.69, 9.17) is 0 Å². The molecule has 0 spiro atoms. The summed E-state index contributed by atoms with van der Waals surface area (Å²) in [4.78, 5) is 8.58. The normalized spacial score (nSPS) is 23.3. The molecule has 0 bridgehead atoms. The second-order valence-corrected chi connectivity index (χ2v) is 35.6. The minimum Gasteiger partial charge on any atom is -0.334 e. The van der Waals surface area contributed by atoms with E-state index in [2.05, 4.69) is 273 Å². The predicted molar refractivity (Wildman–Crippen MR) is 386 cm³/mol. The molecule has 4 heterocycles. The third-order valence-electron chi connectivity index (χ3n) is 25.0. The molecule has 1 saturated carbocycles. The molecule has 3 nitrogen and oxygen atoms in total. The number of fused-ring (bicyclic) bond motifs is 13. The molecule has 1 fully saturated rings. The van der Waals surface area contributed by atoms with Crippen molar-refractivity contribution in [2.45, 2.75) is 231 Å². The minimum atomic E-state index is -0.205. The maximum Gasteiger partial charge on any atom is 0.252 e. The van der Waals surface area contributed by atoms with E-state index in [-0.39, 0.29) is 55.6 Å². The zero-order valence-corrected chi connectivity index (χ0v) is 57.7. The number of hydrogen-bond acceptors (Lipinski definition) is 4.